The molecule has 1 N–H and O–H groups in total. The van der Waals surface area contributed by atoms with Crippen molar-refractivity contribution in [1.29, 1.82) is 0 Å². The molecule has 0 saturated carbocycles. The SMILES string of the molecule is COc1ccc(OCCNC(=O)CC(C)c2ccc(OC)cc2OC)cc1. The molecule has 2 rings (SSSR count). The number of nitrogens with one attached hydrogen (secondary N) is 1. The summed E-state index contributed by atoms with van der Waals surface area (Å²) in [6.07, 6.45) is 0.366. The Balaban J connectivity index is 1.77. The number of ether oxygens (including phenoxy) is 4. The summed E-state index contributed by atoms with van der Waals surface area (Å²) in [5, 5.41) is 2.88. The lowest BCUT2D eigenvalue weighted by Gasteiger charge is -2.16. The van der Waals surface area contributed by atoms with E-state index in [1.807, 2.05) is 49.4 Å². The van der Waals surface area contributed by atoms with Crippen molar-refractivity contribution in [1.82, 2.24) is 5.32 Å². The van der Waals surface area contributed by atoms with Crippen LogP contribution in [0.3, 0.4) is 0 Å². The van der Waals surface area contributed by atoms with Crippen LogP contribution in [0.1, 0.15) is 24.8 Å². The van der Waals surface area contributed by atoms with E-state index in [-0.39, 0.29) is 11.8 Å². The molecular formula is C21H27NO5. The molecule has 0 aliphatic heterocycles. The van der Waals surface area contributed by atoms with Gasteiger partial charge in [-0.2, -0.15) is 0 Å². The predicted molar refractivity (Wildman–Crippen MR) is 104 cm³/mol. The van der Waals surface area contributed by atoms with Gasteiger partial charge in [0.25, 0.3) is 0 Å². The van der Waals surface area contributed by atoms with Gasteiger partial charge in [-0.1, -0.05) is 13.0 Å². The van der Waals surface area contributed by atoms with E-state index in [9.17, 15) is 4.79 Å². The molecule has 2 aromatic rings. The van der Waals surface area contributed by atoms with Crippen molar-refractivity contribution < 1.29 is 23.7 Å². The Hall–Kier alpha value is -2.89. The highest BCUT2D eigenvalue weighted by atomic mass is 16.5. The molecular weight excluding hydrogens is 346 g/mol. The van der Waals surface area contributed by atoms with E-state index < -0.39 is 0 Å². The maximum atomic E-state index is 12.2. The fourth-order valence-corrected chi connectivity index (χ4v) is 2.72. The van der Waals surface area contributed by atoms with Crippen LogP contribution in [0.2, 0.25) is 0 Å². The number of carbonyl (C=O) groups is 1. The van der Waals surface area contributed by atoms with Gasteiger partial charge in [0.15, 0.2) is 0 Å². The van der Waals surface area contributed by atoms with Crippen LogP contribution in [0.5, 0.6) is 23.0 Å². The van der Waals surface area contributed by atoms with E-state index in [1.54, 1.807) is 21.3 Å². The molecule has 1 amide bonds. The molecule has 0 radical (unpaired) electrons. The van der Waals surface area contributed by atoms with Crippen LogP contribution in [-0.4, -0.2) is 40.4 Å². The molecule has 0 aliphatic rings. The Morgan fingerprint density at radius 1 is 0.926 bits per heavy atom. The van der Waals surface area contributed by atoms with Gasteiger partial charge in [0.1, 0.15) is 29.6 Å². The number of hydrogen-bond acceptors (Lipinski definition) is 5. The van der Waals surface area contributed by atoms with Crippen LogP contribution in [0, 0.1) is 0 Å². The van der Waals surface area contributed by atoms with Gasteiger partial charge in [0, 0.05) is 12.5 Å². The van der Waals surface area contributed by atoms with E-state index >= 15 is 0 Å². The first-order valence-electron chi connectivity index (χ1n) is 8.82. The molecule has 1 atom stereocenters. The van der Waals surface area contributed by atoms with Crippen LogP contribution >= 0.6 is 0 Å². The fourth-order valence-electron chi connectivity index (χ4n) is 2.72. The summed E-state index contributed by atoms with van der Waals surface area (Å²) in [4.78, 5) is 12.2. The maximum Gasteiger partial charge on any atom is 0.220 e. The monoisotopic (exact) mass is 373 g/mol. The first-order chi connectivity index (χ1) is 13.1. The molecule has 0 heterocycles. The molecule has 146 valence electrons. The van der Waals surface area contributed by atoms with Gasteiger partial charge in [0.05, 0.1) is 27.9 Å². The van der Waals surface area contributed by atoms with Gasteiger partial charge in [-0.15, -0.1) is 0 Å². The number of rotatable bonds is 10. The molecule has 6 nitrogen and oxygen atoms in total. The van der Waals surface area contributed by atoms with Gasteiger partial charge in [-0.25, -0.2) is 0 Å². The number of methoxy groups -OCH3 is 3. The van der Waals surface area contributed by atoms with E-state index in [1.165, 1.54) is 0 Å². The van der Waals surface area contributed by atoms with Gasteiger partial charge in [-0.05, 0) is 41.8 Å². The molecule has 27 heavy (non-hydrogen) atoms. The molecule has 0 spiro atoms. The lowest BCUT2D eigenvalue weighted by atomic mass is 9.96. The van der Waals surface area contributed by atoms with E-state index in [0.717, 1.165) is 28.6 Å². The minimum Gasteiger partial charge on any atom is -0.497 e. The van der Waals surface area contributed by atoms with Gasteiger partial charge in [-0.3, -0.25) is 4.79 Å². The van der Waals surface area contributed by atoms with Crippen molar-refractivity contribution in [3.05, 3.63) is 48.0 Å². The second-order valence-electron chi connectivity index (χ2n) is 6.09. The Bertz CT molecular complexity index is 730. The van der Waals surface area contributed by atoms with E-state index in [4.69, 9.17) is 18.9 Å². The summed E-state index contributed by atoms with van der Waals surface area (Å²) in [6, 6.07) is 13.0. The highest BCUT2D eigenvalue weighted by Crippen LogP contribution is 2.32. The molecule has 0 fully saturated rings. The number of amides is 1. The summed E-state index contributed by atoms with van der Waals surface area (Å²) >= 11 is 0. The lowest BCUT2D eigenvalue weighted by molar-refractivity contribution is -0.121. The second-order valence-corrected chi connectivity index (χ2v) is 6.09. The zero-order valence-corrected chi connectivity index (χ0v) is 16.3. The quantitative estimate of drug-likeness (QED) is 0.647. The summed E-state index contributed by atoms with van der Waals surface area (Å²) in [5.41, 5.74) is 0.975. The van der Waals surface area contributed by atoms with Crippen LogP contribution in [0.25, 0.3) is 0 Å². The van der Waals surface area contributed by atoms with Crippen molar-refractivity contribution in [2.75, 3.05) is 34.5 Å². The first kappa shape index (κ1) is 20.4. The van der Waals surface area contributed by atoms with Crippen molar-refractivity contribution in [3.63, 3.8) is 0 Å². The topological polar surface area (TPSA) is 66.0 Å². The van der Waals surface area contributed by atoms with Gasteiger partial charge >= 0.3 is 0 Å². The van der Waals surface area contributed by atoms with Gasteiger partial charge in [0.2, 0.25) is 5.91 Å². The summed E-state index contributed by atoms with van der Waals surface area (Å²) < 4.78 is 21.3. The molecule has 0 aliphatic carbocycles. The van der Waals surface area contributed by atoms with E-state index in [0.29, 0.717) is 19.6 Å². The number of carbonyl (C=O) groups excluding carboxylic acids is 1. The average molecular weight is 373 g/mol. The zero-order chi connectivity index (χ0) is 19.6. The minimum atomic E-state index is -0.0290. The van der Waals surface area contributed by atoms with Crippen LogP contribution < -0.4 is 24.3 Å². The number of benzene rings is 2. The smallest absolute Gasteiger partial charge is 0.220 e. The fraction of sp³-hybridized carbons (Fsp3) is 0.381. The summed E-state index contributed by atoms with van der Waals surface area (Å²) in [5.74, 6) is 2.95. The highest BCUT2D eigenvalue weighted by Gasteiger charge is 2.16. The lowest BCUT2D eigenvalue weighted by Crippen LogP contribution is -2.29. The normalized spacial score (nSPS) is 11.4. The Labute approximate surface area is 160 Å². The molecule has 2 aromatic carbocycles. The molecule has 0 saturated heterocycles. The molecule has 0 bridgehead atoms. The third-order valence-electron chi connectivity index (χ3n) is 4.22. The molecule has 1 unspecified atom stereocenters. The standard InChI is InChI=1S/C21H27NO5/c1-15(19-10-9-18(25-3)14-20(19)26-4)13-21(23)22-11-12-27-17-7-5-16(24-2)6-8-17/h5-10,14-15H,11-13H2,1-4H3,(H,22,23). The third-order valence-corrected chi connectivity index (χ3v) is 4.22. The summed E-state index contributed by atoms with van der Waals surface area (Å²) in [7, 11) is 4.84. The van der Waals surface area contributed by atoms with Crippen LogP contribution in [-0.2, 0) is 4.79 Å². The van der Waals surface area contributed by atoms with Gasteiger partial charge < -0.3 is 24.3 Å². The zero-order valence-electron chi connectivity index (χ0n) is 16.3. The predicted octanol–water partition coefficient (Wildman–Crippen LogP) is 3.40. The maximum absolute atomic E-state index is 12.2. The van der Waals surface area contributed by atoms with Crippen molar-refractivity contribution in [2.45, 2.75) is 19.3 Å². The van der Waals surface area contributed by atoms with E-state index in [2.05, 4.69) is 5.32 Å². The number of hydrogen-bond donors (Lipinski definition) is 1. The van der Waals surface area contributed by atoms with Crippen molar-refractivity contribution in [2.24, 2.45) is 0 Å². The second kappa shape index (κ2) is 10.3. The first-order valence-corrected chi connectivity index (χ1v) is 8.82. The van der Waals surface area contributed by atoms with Crippen LogP contribution in [0.15, 0.2) is 42.5 Å². The molecule has 0 aromatic heterocycles. The Morgan fingerprint density at radius 2 is 1.56 bits per heavy atom. The van der Waals surface area contributed by atoms with Crippen molar-refractivity contribution >= 4 is 5.91 Å². The largest absolute Gasteiger partial charge is 0.497 e. The van der Waals surface area contributed by atoms with Crippen molar-refractivity contribution in [3.8, 4) is 23.0 Å². The van der Waals surface area contributed by atoms with Crippen LogP contribution in [0.4, 0.5) is 0 Å². The molecule has 6 heteroatoms. The Morgan fingerprint density at radius 3 is 2.19 bits per heavy atom. The minimum absolute atomic E-state index is 0.0216. The Kier molecular flexibility index (Phi) is 7.79. The average Bonchev–Trinajstić information content (AvgIpc) is 2.71. The summed E-state index contributed by atoms with van der Waals surface area (Å²) in [6.45, 7) is 2.84. The third kappa shape index (κ3) is 6.09. The highest BCUT2D eigenvalue weighted by molar-refractivity contribution is 5.77.